The molecule has 1 unspecified atom stereocenters. The normalized spacial score (nSPS) is 26.8. The summed E-state index contributed by atoms with van der Waals surface area (Å²) >= 11 is 13.1. The molecular formula is C10H18S5. The molecule has 0 saturated carbocycles. The van der Waals surface area contributed by atoms with Crippen LogP contribution in [0.3, 0.4) is 0 Å². The molecule has 2 aliphatic heterocycles. The van der Waals surface area contributed by atoms with Crippen LogP contribution < -0.4 is 0 Å². The van der Waals surface area contributed by atoms with Crippen LogP contribution in [-0.4, -0.2) is 49.8 Å². The number of rotatable bonds is 6. The molecule has 1 atom stereocenters. The second-order valence-corrected chi connectivity index (χ2v) is 10.1. The van der Waals surface area contributed by atoms with Gasteiger partial charge in [-0.25, -0.2) is 0 Å². The van der Waals surface area contributed by atoms with Gasteiger partial charge in [-0.2, -0.15) is 59.7 Å². The highest BCUT2D eigenvalue weighted by Gasteiger charge is 2.33. The van der Waals surface area contributed by atoms with Crippen molar-refractivity contribution in [2.75, 3.05) is 34.5 Å². The summed E-state index contributed by atoms with van der Waals surface area (Å²) in [6.45, 7) is 2.39. The maximum absolute atomic E-state index is 4.69. The molecule has 15 heavy (non-hydrogen) atoms. The van der Waals surface area contributed by atoms with Crippen molar-refractivity contribution >= 4 is 59.7 Å². The Balaban J connectivity index is 1.53. The highest BCUT2D eigenvalue weighted by atomic mass is 32.2. The molecule has 0 spiro atoms. The first-order valence-electron chi connectivity index (χ1n) is 5.27. The molecule has 0 aliphatic carbocycles. The van der Waals surface area contributed by atoms with Crippen molar-refractivity contribution in [3.63, 3.8) is 0 Å². The van der Waals surface area contributed by atoms with E-state index in [1.54, 1.807) is 0 Å². The van der Waals surface area contributed by atoms with Gasteiger partial charge >= 0.3 is 0 Å². The monoisotopic (exact) mass is 298 g/mol. The molecule has 0 aromatic carbocycles. The SMILES string of the molecule is CC1(SCC(S)CSC2CSC2)CSC1. The highest BCUT2D eigenvalue weighted by molar-refractivity contribution is 8.09. The zero-order chi connectivity index (χ0) is 10.7. The quantitative estimate of drug-likeness (QED) is 0.746. The average Bonchev–Trinajstić information content (AvgIpc) is 2.09. The molecule has 2 heterocycles. The molecule has 2 fully saturated rings. The summed E-state index contributed by atoms with van der Waals surface area (Å²) in [5.74, 6) is 7.88. The van der Waals surface area contributed by atoms with Crippen molar-refractivity contribution in [3.05, 3.63) is 0 Å². The van der Waals surface area contributed by atoms with E-state index in [4.69, 9.17) is 0 Å². The van der Waals surface area contributed by atoms with Crippen molar-refractivity contribution in [1.82, 2.24) is 0 Å². The molecule has 0 radical (unpaired) electrons. The largest absolute Gasteiger partial charge is 0.174 e. The predicted molar refractivity (Wildman–Crippen MR) is 84.5 cm³/mol. The first-order valence-corrected chi connectivity index (χ1v) is 10.1. The first-order chi connectivity index (χ1) is 7.18. The number of thiol groups is 1. The molecule has 0 aromatic heterocycles. The lowest BCUT2D eigenvalue weighted by atomic mass is 10.2. The third-order valence-corrected chi connectivity index (χ3v) is 10.1. The molecule has 0 aromatic rings. The smallest absolute Gasteiger partial charge is 0.0312 e. The van der Waals surface area contributed by atoms with Gasteiger partial charge in [0, 0.05) is 49.8 Å². The van der Waals surface area contributed by atoms with Crippen LogP contribution in [0.1, 0.15) is 6.92 Å². The maximum atomic E-state index is 4.69. The van der Waals surface area contributed by atoms with E-state index < -0.39 is 0 Å². The van der Waals surface area contributed by atoms with E-state index in [1.165, 1.54) is 34.5 Å². The summed E-state index contributed by atoms with van der Waals surface area (Å²) in [5, 5.41) is 1.53. The van der Waals surface area contributed by atoms with E-state index in [0.29, 0.717) is 10.00 Å². The number of thioether (sulfide) groups is 4. The standard InChI is InChI=1S/C10H18S5/c1-10(6-13-7-10)15-3-8(11)2-14-9-4-12-5-9/h8-9,11H,2-7H2,1H3. The Labute approximate surface area is 116 Å². The Morgan fingerprint density at radius 3 is 2.53 bits per heavy atom. The van der Waals surface area contributed by atoms with Gasteiger partial charge in [0.2, 0.25) is 0 Å². The molecule has 2 rings (SSSR count). The lowest BCUT2D eigenvalue weighted by Crippen LogP contribution is -2.37. The average molecular weight is 299 g/mol. The maximum Gasteiger partial charge on any atom is 0.0312 e. The van der Waals surface area contributed by atoms with Gasteiger partial charge < -0.3 is 0 Å². The lowest BCUT2D eigenvalue weighted by Gasteiger charge is -2.37. The highest BCUT2D eigenvalue weighted by Crippen LogP contribution is 2.41. The van der Waals surface area contributed by atoms with Gasteiger partial charge in [0.25, 0.3) is 0 Å². The third-order valence-electron chi connectivity index (χ3n) is 2.57. The van der Waals surface area contributed by atoms with Gasteiger partial charge in [-0.15, -0.1) is 0 Å². The van der Waals surface area contributed by atoms with Gasteiger partial charge in [0.05, 0.1) is 0 Å². The molecule has 0 N–H and O–H groups in total. The first kappa shape index (κ1) is 13.2. The zero-order valence-corrected chi connectivity index (χ0v) is 13.1. The molecule has 0 bridgehead atoms. The van der Waals surface area contributed by atoms with E-state index in [9.17, 15) is 0 Å². The minimum Gasteiger partial charge on any atom is -0.174 e. The van der Waals surface area contributed by atoms with E-state index >= 15 is 0 Å². The minimum atomic E-state index is 0.572. The Morgan fingerprint density at radius 2 is 2.07 bits per heavy atom. The van der Waals surface area contributed by atoms with E-state index in [2.05, 4.69) is 66.6 Å². The van der Waals surface area contributed by atoms with Crippen LogP contribution in [0.15, 0.2) is 0 Å². The van der Waals surface area contributed by atoms with Crippen molar-refractivity contribution in [2.45, 2.75) is 22.2 Å². The fraction of sp³-hybridized carbons (Fsp3) is 1.00. The van der Waals surface area contributed by atoms with Crippen LogP contribution in [0, 0.1) is 0 Å². The van der Waals surface area contributed by atoms with Gasteiger partial charge in [0.15, 0.2) is 0 Å². The number of hydrogen-bond donors (Lipinski definition) is 1. The molecule has 0 amide bonds. The summed E-state index contributed by atoms with van der Waals surface area (Å²) < 4.78 is 0.572. The predicted octanol–water partition coefficient (Wildman–Crippen LogP) is 3.37. The van der Waals surface area contributed by atoms with Crippen LogP contribution >= 0.6 is 59.7 Å². The van der Waals surface area contributed by atoms with Crippen LogP contribution in [0.4, 0.5) is 0 Å². The second kappa shape index (κ2) is 6.07. The van der Waals surface area contributed by atoms with Gasteiger partial charge in [0.1, 0.15) is 0 Å². The summed E-state index contributed by atoms with van der Waals surface area (Å²) in [7, 11) is 0. The van der Waals surface area contributed by atoms with Gasteiger partial charge in [-0.1, -0.05) is 0 Å². The molecule has 2 aliphatic rings. The molecule has 2 saturated heterocycles. The van der Waals surface area contributed by atoms with Crippen LogP contribution in [-0.2, 0) is 0 Å². The van der Waals surface area contributed by atoms with E-state index in [1.807, 2.05) is 0 Å². The van der Waals surface area contributed by atoms with Gasteiger partial charge in [-0.3, -0.25) is 0 Å². The van der Waals surface area contributed by atoms with Gasteiger partial charge in [-0.05, 0) is 6.92 Å². The van der Waals surface area contributed by atoms with Crippen LogP contribution in [0.5, 0.6) is 0 Å². The zero-order valence-electron chi connectivity index (χ0n) is 8.98. The fourth-order valence-electron chi connectivity index (χ4n) is 1.38. The minimum absolute atomic E-state index is 0.572. The number of hydrogen-bond acceptors (Lipinski definition) is 5. The Hall–Kier alpha value is 1.75. The van der Waals surface area contributed by atoms with E-state index in [0.717, 1.165) is 5.25 Å². The lowest BCUT2D eigenvalue weighted by molar-refractivity contribution is 0.787. The molecule has 5 heteroatoms. The Bertz CT molecular complexity index is 200. The van der Waals surface area contributed by atoms with Crippen molar-refractivity contribution in [1.29, 1.82) is 0 Å². The van der Waals surface area contributed by atoms with Crippen molar-refractivity contribution in [3.8, 4) is 0 Å². The Kier molecular flexibility index (Phi) is 5.34. The van der Waals surface area contributed by atoms with Crippen LogP contribution in [0.25, 0.3) is 0 Å². The topological polar surface area (TPSA) is 0 Å². The summed E-state index contributed by atoms with van der Waals surface area (Å²) in [5.41, 5.74) is 0. The molecule has 88 valence electrons. The Morgan fingerprint density at radius 1 is 1.33 bits per heavy atom. The van der Waals surface area contributed by atoms with E-state index in [-0.39, 0.29) is 0 Å². The fourth-order valence-corrected chi connectivity index (χ4v) is 7.05. The van der Waals surface area contributed by atoms with Crippen LogP contribution in [0.2, 0.25) is 0 Å². The second-order valence-electron chi connectivity index (χ2n) is 4.40. The molecular weight excluding hydrogens is 280 g/mol. The van der Waals surface area contributed by atoms with Crippen molar-refractivity contribution < 1.29 is 0 Å². The van der Waals surface area contributed by atoms with Crippen molar-refractivity contribution in [2.24, 2.45) is 0 Å². The third kappa shape index (κ3) is 4.16. The summed E-state index contributed by atoms with van der Waals surface area (Å²) in [6.07, 6.45) is 0. The molecule has 0 nitrogen and oxygen atoms in total. The summed E-state index contributed by atoms with van der Waals surface area (Å²) in [4.78, 5) is 0. The summed E-state index contributed by atoms with van der Waals surface area (Å²) in [6, 6.07) is 0.